The van der Waals surface area contributed by atoms with Crippen LogP contribution in [0.3, 0.4) is 0 Å². The first-order valence-corrected chi connectivity index (χ1v) is 12.1. The van der Waals surface area contributed by atoms with Crippen LogP contribution in [0.1, 0.15) is 35.7 Å². The highest BCUT2D eigenvalue weighted by Gasteiger charge is 2.28. The molecule has 1 aliphatic carbocycles. The summed E-state index contributed by atoms with van der Waals surface area (Å²) in [4.78, 5) is 41.3. The van der Waals surface area contributed by atoms with Crippen LogP contribution >= 0.6 is 0 Å². The molecule has 0 atom stereocenters. The zero-order chi connectivity index (χ0) is 25.7. The summed E-state index contributed by atoms with van der Waals surface area (Å²) < 4.78 is 14.9. The Balaban J connectivity index is 1.51. The summed E-state index contributed by atoms with van der Waals surface area (Å²) in [6.07, 6.45) is 12.6. The number of H-pyrrole nitrogens is 1. The van der Waals surface area contributed by atoms with E-state index in [-0.39, 0.29) is 28.3 Å². The van der Waals surface area contributed by atoms with Gasteiger partial charge in [-0.15, -0.1) is 0 Å². The highest BCUT2D eigenvalue weighted by Crippen LogP contribution is 2.28. The minimum absolute atomic E-state index is 0.0306. The number of amidine groups is 1. The summed E-state index contributed by atoms with van der Waals surface area (Å²) in [6.45, 7) is 12.0. The Morgan fingerprint density at radius 2 is 1.86 bits per heavy atom. The van der Waals surface area contributed by atoms with Gasteiger partial charge in [0.2, 0.25) is 5.78 Å². The fourth-order valence-electron chi connectivity index (χ4n) is 4.39. The molecular weight excluding hydrogens is 457 g/mol. The Morgan fingerprint density at radius 1 is 1.11 bits per heavy atom. The lowest BCUT2D eigenvalue weighted by atomic mass is 10.0. The molecule has 4 rings (SSSR count). The molecule has 1 aromatic heterocycles. The highest BCUT2D eigenvalue weighted by molar-refractivity contribution is 6.19. The average Bonchev–Trinajstić information content (AvgIpc) is 3.17. The van der Waals surface area contributed by atoms with Gasteiger partial charge in [0.05, 0.1) is 16.8 Å². The summed E-state index contributed by atoms with van der Waals surface area (Å²) in [7, 11) is 0. The van der Waals surface area contributed by atoms with Crippen LogP contribution in [0, 0.1) is 5.82 Å². The van der Waals surface area contributed by atoms with E-state index in [1.54, 1.807) is 11.0 Å². The van der Waals surface area contributed by atoms with E-state index in [1.807, 2.05) is 42.2 Å². The number of nitrogens with one attached hydrogen (secondary N) is 1. The summed E-state index contributed by atoms with van der Waals surface area (Å²) >= 11 is 0. The van der Waals surface area contributed by atoms with E-state index in [2.05, 4.69) is 28.3 Å². The Morgan fingerprint density at radius 3 is 2.58 bits per heavy atom. The second-order valence-electron chi connectivity index (χ2n) is 8.65. The van der Waals surface area contributed by atoms with Crippen molar-refractivity contribution in [3.63, 3.8) is 0 Å². The van der Waals surface area contributed by atoms with Crippen LogP contribution in [0.25, 0.3) is 10.9 Å². The lowest BCUT2D eigenvalue weighted by Crippen LogP contribution is -2.49. The molecular formula is C28H30FN5O2. The summed E-state index contributed by atoms with van der Waals surface area (Å²) in [5.41, 5.74) is 2.15. The number of aromatic nitrogens is 1. The molecule has 2 heterocycles. The largest absolute Gasteiger partial charge is 0.365 e. The van der Waals surface area contributed by atoms with Crippen molar-refractivity contribution in [3.05, 3.63) is 83.5 Å². The molecule has 186 valence electrons. The normalized spacial score (nSPS) is 16.2. The van der Waals surface area contributed by atoms with E-state index in [0.29, 0.717) is 55.2 Å². The van der Waals surface area contributed by atoms with Crippen molar-refractivity contribution in [3.8, 4) is 0 Å². The maximum Gasteiger partial charge on any atom is 0.253 e. The summed E-state index contributed by atoms with van der Waals surface area (Å²) in [6, 6.07) is 2.90. The molecule has 2 aliphatic rings. The van der Waals surface area contributed by atoms with E-state index in [1.165, 1.54) is 12.3 Å². The first-order valence-electron chi connectivity index (χ1n) is 12.1. The third-order valence-corrected chi connectivity index (χ3v) is 6.34. The van der Waals surface area contributed by atoms with E-state index in [4.69, 9.17) is 0 Å². The molecule has 1 aromatic carbocycles. The van der Waals surface area contributed by atoms with Gasteiger partial charge in [-0.05, 0) is 37.8 Å². The molecule has 0 unspecified atom stereocenters. The number of fused-ring (bicyclic) bond motifs is 1. The maximum absolute atomic E-state index is 14.9. The summed E-state index contributed by atoms with van der Waals surface area (Å²) in [5, 5.41) is 0.181. The van der Waals surface area contributed by atoms with Crippen LogP contribution in [0.15, 0.2) is 76.5 Å². The predicted molar refractivity (Wildman–Crippen MR) is 142 cm³/mol. The lowest BCUT2D eigenvalue weighted by molar-refractivity contribution is -0.128. The van der Waals surface area contributed by atoms with Crippen LogP contribution in [0.4, 0.5) is 4.39 Å². The molecule has 0 bridgehead atoms. The number of amides is 1. The second-order valence-corrected chi connectivity index (χ2v) is 8.65. The maximum atomic E-state index is 14.9. The number of benzene rings is 1. The standard InChI is InChI=1S/C28H30FN5O2/c1-4-13-31-27(30-3)21-11-12-23(29)24-22(18-32-25(21)24)26(35)19(2)33-14-16-34(17-15-33)28(36)20-9-7-5-6-8-10-20/h5,7-12,18,32H,2-4,6,13-17H2,1H3. The van der Waals surface area contributed by atoms with Gasteiger partial charge >= 0.3 is 0 Å². The first-order chi connectivity index (χ1) is 17.5. The minimum atomic E-state index is -0.515. The molecule has 1 fully saturated rings. The number of hydrogen-bond donors (Lipinski definition) is 1. The van der Waals surface area contributed by atoms with Gasteiger partial charge in [0.25, 0.3) is 5.91 Å². The SMILES string of the molecule is C=NC(=NCCC)c1ccc(F)c2c(C(=O)C(=C)N3CCN(C(=O)C4=CC=CCC=C4)CC3)c[nH]c12. The van der Waals surface area contributed by atoms with E-state index in [0.717, 1.165) is 12.8 Å². The van der Waals surface area contributed by atoms with Crippen molar-refractivity contribution in [2.24, 2.45) is 9.98 Å². The number of Topliss-reactive ketones (excluding diaryl/α,β-unsaturated/α-hetero) is 1. The van der Waals surface area contributed by atoms with Crippen LogP contribution in [0.5, 0.6) is 0 Å². The number of piperazine rings is 1. The fourth-order valence-corrected chi connectivity index (χ4v) is 4.39. The number of allylic oxidation sites excluding steroid dienone is 5. The van der Waals surface area contributed by atoms with Gasteiger partial charge in [0.15, 0.2) is 5.84 Å². The summed E-state index contributed by atoms with van der Waals surface area (Å²) in [5.74, 6) is -0.511. The topological polar surface area (TPSA) is 81.1 Å². The number of hydrogen-bond acceptors (Lipinski definition) is 4. The minimum Gasteiger partial charge on any atom is -0.365 e. The van der Waals surface area contributed by atoms with Crippen molar-refractivity contribution in [1.29, 1.82) is 0 Å². The number of rotatable bonds is 7. The van der Waals surface area contributed by atoms with Crippen molar-refractivity contribution >= 4 is 35.1 Å². The molecule has 1 aliphatic heterocycles. The van der Waals surface area contributed by atoms with Crippen LogP contribution in [-0.4, -0.2) is 71.8 Å². The Labute approximate surface area is 210 Å². The zero-order valence-electron chi connectivity index (χ0n) is 20.5. The van der Waals surface area contributed by atoms with Crippen molar-refractivity contribution in [2.75, 3.05) is 32.7 Å². The van der Waals surface area contributed by atoms with Gasteiger partial charge in [0, 0.05) is 55.4 Å². The number of nitrogens with zero attached hydrogens (tertiary/aromatic N) is 4. The predicted octanol–water partition coefficient (Wildman–Crippen LogP) is 4.45. The number of aliphatic imine (C=N–C) groups is 2. The van der Waals surface area contributed by atoms with Gasteiger partial charge in [0.1, 0.15) is 5.82 Å². The van der Waals surface area contributed by atoms with E-state index < -0.39 is 5.82 Å². The molecule has 0 spiro atoms. The number of carbonyl (C=O) groups excluding carboxylic acids is 2. The van der Waals surface area contributed by atoms with Gasteiger partial charge in [-0.25, -0.2) is 9.38 Å². The molecule has 1 amide bonds. The quantitative estimate of drug-likeness (QED) is 0.271. The molecule has 8 heteroatoms. The monoisotopic (exact) mass is 487 g/mol. The lowest BCUT2D eigenvalue weighted by Gasteiger charge is -2.36. The number of ketones is 1. The molecule has 0 saturated carbocycles. The smallest absolute Gasteiger partial charge is 0.253 e. The number of carbonyl (C=O) groups is 2. The Kier molecular flexibility index (Phi) is 7.73. The zero-order valence-corrected chi connectivity index (χ0v) is 20.5. The van der Waals surface area contributed by atoms with Crippen molar-refractivity contribution in [1.82, 2.24) is 14.8 Å². The number of halogens is 1. The first kappa shape index (κ1) is 25.0. The van der Waals surface area contributed by atoms with E-state index in [9.17, 15) is 14.0 Å². The molecule has 7 nitrogen and oxygen atoms in total. The molecule has 0 radical (unpaired) electrons. The highest BCUT2D eigenvalue weighted by atomic mass is 19.1. The average molecular weight is 488 g/mol. The molecule has 2 aromatic rings. The number of aromatic amines is 1. The van der Waals surface area contributed by atoms with Crippen molar-refractivity contribution < 1.29 is 14.0 Å². The van der Waals surface area contributed by atoms with Crippen LogP contribution in [0.2, 0.25) is 0 Å². The van der Waals surface area contributed by atoms with Gasteiger partial charge in [-0.3, -0.25) is 14.6 Å². The van der Waals surface area contributed by atoms with Crippen LogP contribution < -0.4 is 0 Å². The van der Waals surface area contributed by atoms with E-state index >= 15 is 0 Å². The molecule has 1 N–H and O–H groups in total. The third kappa shape index (κ3) is 4.98. The van der Waals surface area contributed by atoms with Gasteiger partial charge in [-0.1, -0.05) is 37.8 Å². The second kappa shape index (κ2) is 11.1. The van der Waals surface area contributed by atoms with Crippen LogP contribution in [-0.2, 0) is 4.79 Å². The fraction of sp³-hybridized carbons (Fsp3) is 0.286. The van der Waals surface area contributed by atoms with Crippen molar-refractivity contribution in [2.45, 2.75) is 19.8 Å². The molecule has 1 saturated heterocycles. The Bertz CT molecular complexity index is 1320. The van der Waals surface area contributed by atoms with Gasteiger partial charge < -0.3 is 14.8 Å². The third-order valence-electron chi connectivity index (χ3n) is 6.34. The Hall–Kier alpha value is -4.07. The van der Waals surface area contributed by atoms with Gasteiger partial charge in [-0.2, -0.15) is 0 Å². The molecule has 36 heavy (non-hydrogen) atoms.